The second-order valence-corrected chi connectivity index (χ2v) is 3.51. The molecule has 78 valence electrons. The second-order valence-electron chi connectivity index (χ2n) is 3.51. The lowest BCUT2D eigenvalue weighted by atomic mass is 10.1. The molecule has 4 nitrogen and oxygen atoms in total. The van der Waals surface area contributed by atoms with E-state index in [1.807, 2.05) is 25.1 Å². The van der Waals surface area contributed by atoms with E-state index in [2.05, 4.69) is 10.6 Å². The molecule has 4 heteroatoms. The van der Waals surface area contributed by atoms with Gasteiger partial charge in [-0.1, -0.05) is 13.0 Å². The number of benzene rings is 1. The number of hydrogen-bond acceptors (Lipinski definition) is 2. The summed E-state index contributed by atoms with van der Waals surface area (Å²) in [4.78, 5) is 22.5. The molecule has 1 aromatic rings. The van der Waals surface area contributed by atoms with Gasteiger partial charge in [-0.3, -0.25) is 9.59 Å². The summed E-state index contributed by atoms with van der Waals surface area (Å²) in [6, 6.07) is 5.65. The Kier molecular flexibility index (Phi) is 2.41. The molecule has 0 radical (unpaired) electrons. The van der Waals surface area contributed by atoms with Crippen molar-refractivity contribution in [2.24, 2.45) is 0 Å². The number of hydrogen-bond donors (Lipinski definition) is 2. The van der Waals surface area contributed by atoms with E-state index in [0.717, 1.165) is 12.0 Å². The van der Waals surface area contributed by atoms with Crippen molar-refractivity contribution >= 4 is 23.2 Å². The lowest BCUT2D eigenvalue weighted by Gasteiger charge is -2.08. The van der Waals surface area contributed by atoms with Gasteiger partial charge in [-0.25, -0.2) is 0 Å². The highest BCUT2D eigenvalue weighted by atomic mass is 16.2. The smallest absolute Gasteiger partial charge is 0.233 e. The number of rotatable bonds is 1. The van der Waals surface area contributed by atoms with E-state index in [-0.39, 0.29) is 18.2 Å². The monoisotopic (exact) mass is 204 g/mol. The SMILES string of the molecule is CCc1ccc2c(c1)NC(=O)CC(=O)N2. The van der Waals surface area contributed by atoms with Crippen LogP contribution in [0.25, 0.3) is 0 Å². The van der Waals surface area contributed by atoms with Crippen LogP contribution >= 0.6 is 0 Å². The van der Waals surface area contributed by atoms with Crippen LogP contribution in [-0.4, -0.2) is 11.8 Å². The molecular weight excluding hydrogens is 192 g/mol. The number of aryl methyl sites for hydroxylation is 1. The standard InChI is InChI=1S/C11H12N2O2/c1-2-7-3-4-8-9(5-7)13-11(15)6-10(14)12-8/h3-5H,2,6H2,1H3,(H,12,14)(H,13,15). The molecule has 2 amide bonds. The topological polar surface area (TPSA) is 58.2 Å². The van der Waals surface area contributed by atoms with Crippen LogP contribution < -0.4 is 10.6 Å². The van der Waals surface area contributed by atoms with E-state index in [1.54, 1.807) is 0 Å². The first kappa shape index (κ1) is 9.71. The average Bonchev–Trinajstić information content (AvgIpc) is 2.33. The molecule has 1 aliphatic rings. The van der Waals surface area contributed by atoms with E-state index in [1.165, 1.54) is 0 Å². The normalized spacial score (nSPS) is 15.0. The van der Waals surface area contributed by atoms with Crippen LogP contribution in [0.3, 0.4) is 0 Å². The molecule has 1 aliphatic heterocycles. The highest BCUT2D eigenvalue weighted by Crippen LogP contribution is 2.25. The summed E-state index contributed by atoms with van der Waals surface area (Å²) in [7, 11) is 0. The quantitative estimate of drug-likeness (QED) is 0.681. The van der Waals surface area contributed by atoms with E-state index < -0.39 is 0 Å². The van der Waals surface area contributed by atoms with Crippen LogP contribution in [0.4, 0.5) is 11.4 Å². The molecule has 2 rings (SSSR count). The molecule has 0 fully saturated rings. The van der Waals surface area contributed by atoms with Crippen LogP contribution in [-0.2, 0) is 16.0 Å². The minimum absolute atomic E-state index is 0.115. The lowest BCUT2D eigenvalue weighted by Crippen LogP contribution is -2.16. The number of carbonyl (C=O) groups is 2. The number of nitrogens with one attached hydrogen (secondary N) is 2. The summed E-state index contributed by atoms with van der Waals surface area (Å²) >= 11 is 0. The Labute approximate surface area is 87.7 Å². The molecule has 0 aliphatic carbocycles. The lowest BCUT2D eigenvalue weighted by molar-refractivity contribution is -0.123. The maximum absolute atomic E-state index is 11.3. The van der Waals surface area contributed by atoms with Gasteiger partial charge < -0.3 is 10.6 Å². The van der Waals surface area contributed by atoms with Gasteiger partial charge >= 0.3 is 0 Å². The number of anilines is 2. The molecule has 0 bridgehead atoms. The van der Waals surface area contributed by atoms with Gasteiger partial charge in [-0.05, 0) is 24.1 Å². The van der Waals surface area contributed by atoms with Crippen molar-refractivity contribution < 1.29 is 9.59 Å². The molecule has 0 atom stereocenters. The maximum atomic E-state index is 11.3. The van der Waals surface area contributed by atoms with Crippen molar-refractivity contribution in [1.29, 1.82) is 0 Å². The predicted molar refractivity (Wildman–Crippen MR) is 57.7 cm³/mol. The minimum Gasteiger partial charge on any atom is -0.324 e. The van der Waals surface area contributed by atoms with Crippen LogP contribution in [0.1, 0.15) is 18.9 Å². The highest BCUT2D eigenvalue weighted by molar-refractivity contribution is 6.13. The molecular formula is C11H12N2O2. The van der Waals surface area contributed by atoms with Crippen LogP contribution in [0.2, 0.25) is 0 Å². The Hall–Kier alpha value is -1.84. The summed E-state index contributed by atoms with van der Waals surface area (Å²) in [6.07, 6.45) is 0.785. The maximum Gasteiger partial charge on any atom is 0.233 e. The predicted octanol–water partition coefficient (Wildman–Crippen LogP) is 1.53. The molecule has 1 heterocycles. The van der Waals surface area contributed by atoms with E-state index in [9.17, 15) is 9.59 Å². The van der Waals surface area contributed by atoms with Crippen molar-refractivity contribution in [3.05, 3.63) is 23.8 Å². The van der Waals surface area contributed by atoms with E-state index in [4.69, 9.17) is 0 Å². The van der Waals surface area contributed by atoms with Crippen LogP contribution in [0.5, 0.6) is 0 Å². The fraction of sp³-hybridized carbons (Fsp3) is 0.273. The van der Waals surface area contributed by atoms with Crippen molar-refractivity contribution in [3.8, 4) is 0 Å². The molecule has 1 aromatic carbocycles. The molecule has 0 aromatic heterocycles. The van der Waals surface area contributed by atoms with Gasteiger partial charge in [0.1, 0.15) is 6.42 Å². The third-order valence-electron chi connectivity index (χ3n) is 2.36. The zero-order valence-corrected chi connectivity index (χ0v) is 8.46. The number of fused-ring (bicyclic) bond motifs is 1. The summed E-state index contributed by atoms with van der Waals surface area (Å²) in [5.74, 6) is -0.532. The second kappa shape index (κ2) is 3.73. The van der Waals surface area contributed by atoms with Gasteiger partial charge in [-0.2, -0.15) is 0 Å². The Morgan fingerprint density at radius 1 is 1.13 bits per heavy atom. The van der Waals surface area contributed by atoms with Crippen LogP contribution in [0, 0.1) is 0 Å². The largest absolute Gasteiger partial charge is 0.324 e. The summed E-state index contributed by atoms with van der Waals surface area (Å²) in [5.41, 5.74) is 2.48. The zero-order chi connectivity index (χ0) is 10.8. The van der Waals surface area contributed by atoms with Gasteiger partial charge in [-0.15, -0.1) is 0 Å². The van der Waals surface area contributed by atoms with E-state index in [0.29, 0.717) is 11.4 Å². The first-order valence-corrected chi connectivity index (χ1v) is 4.91. The van der Waals surface area contributed by atoms with Gasteiger partial charge in [0.25, 0.3) is 0 Å². The summed E-state index contributed by atoms with van der Waals surface area (Å²) in [5, 5.41) is 5.39. The van der Waals surface area contributed by atoms with Gasteiger partial charge in [0.05, 0.1) is 11.4 Å². The molecule has 0 saturated heterocycles. The molecule has 0 unspecified atom stereocenters. The van der Waals surface area contributed by atoms with Crippen molar-refractivity contribution in [3.63, 3.8) is 0 Å². The van der Waals surface area contributed by atoms with E-state index >= 15 is 0 Å². The third kappa shape index (κ3) is 1.98. The number of carbonyl (C=O) groups excluding carboxylic acids is 2. The third-order valence-corrected chi connectivity index (χ3v) is 2.36. The molecule has 0 saturated carbocycles. The number of amides is 2. The minimum atomic E-state index is -0.268. The van der Waals surface area contributed by atoms with Gasteiger partial charge in [0, 0.05) is 0 Å². The van der Waals surface area contributed by atoms with Gasteiger partial charge in [0.15, 0.2) is 0 Å². The molecule has 2 N–H and O–H groups in total. The van der Waals surface area contributed by atoms with Crippen molar-refractivity contribution in [1.82, 2.24) is 0 Å². The molecule has 15 heavy (non-hydrogen) atoms. The highest BCUT2D eigenvalue weighted by Gasteiger charge is 2.17. The Morgan fingerprint density at radius 2 is 1.80 bits per heavy atom. The fourth-order valence-corrected chi connectivity index (χ4v) is 1.56. The zero-order valence-electron chi connectivity index (χ0n) is 8.46. The first-order valence-electron chi connectivity index (χ1n) is 4.91. The average molecular weight is 204 g/mol. The summed E-state index contributed by atoms with van der Waals surface area (Å²) < 4.78 is 0. The first-order chi connectivity index (χ1) is 7.19. The summed E-state index contributed by atoms with van der Waals surface area (Å²) in [6.45, 7) is 2.04. The Morgan fingerprint density at radius 3 is 2.47 bits per heavy atom. The Balaban J connectivity index is 2.42. The molecule has 0 spiro atoms. The van der Waals surface area contributed by atoms with Crippen molar-refractivity contribution in [2.45, 2.75) is 19.8 Å². The van der Waals surface area contributed by atoms with Crippen molar-refractivity contribution in [2.75, 3.05) is 10.6 Å². The fourth-order valence-electron chi connectivity index (χ4n) is 1.56. The van der Waals surface area contributed by atoms with Gasteiger partial charge in [0.2, 0.25) is 11.8 Å². The van der Waals surface area contributed by atoms with Crippen LogP contribution in [0.15, 0.2) is 18.2 Å². The Bertz CT molecular complexity index is 427.